The Hall–Kier alpha value is -1.43. The van der Waals surface area contributed by atoms with Gasteiger partial charge in [0.1, 0.15) is 0 Å². The number of nitrogens with one attached hydrogen (secondary N) is 2. The highest BCUT2D eigenvalue weighted by Gasteiger charge is 2.15. The van der Waals surface area contributed by atoms with Crippen LogP contribution in [-0.2, 0) is 20.9 Å². The lowest BCUT2D eigenvalue weighted by Gasteiger charge is -2.11. The second-order valence-electron chi connectivity index (χ2n) is 6.62. The molecule has 0 aliphatic carbocycles. The molecule has 1 atom stereocenters. The van der Waals surface area contributed by atoms with E-state index >= 15 is 0 Å². The van der Waals surface area contributed by atoms with Crippen LogP contribution in [0.2, 0.25) is 0 Å². The van der Waals surface area contributed by atoms with Gasteiger partial charge in [-0.05, 0) is 63.4 Å². The Morgan fingerprint density at radius 1 is 1.38 bits per heavy atom. The van der Waals surface area contributed by atoms with Crippen LogP contribution in [0.3, 0.4) is 0 Å². The van der Waals surface area contributed by atoms with Crippen LogP contribution in [0.5, 0.6) is 0 Å². The van der Waals surface area contributed by atoms with Crippen LogP contribution in [0, 0.1) is 5.92 Å². The van der Waals surface area contributed by atoms with Crippen molar-refractivity contribution in [2.45, 2.75) is 45.8 Å². The summed E-state index contributed by atoms with van der Waals surface area (Å²) in [7, 11) is 0. The van der Waals surface area contributed by atoms with Crippen molar-refractivity contribution in [3.05, 3.63) is 29.8 Å². The average Bonchev–Trinajstić information content (AvgIpc) is 3.06. The Labute approximate surface area is 145 Å². The van der Waals surface area contributed by atoms with Crippen molar-refractivity contribution < 1.29 is 14.3 Å². The van der Waals surface area contributed by atoms with E-state index in [1.807, 2.05) is 38.1 Å². The summed E-state index contributed by atoms with van der Waals surface area (Å²) in [5.74, 6) is 0.730. The number of hydrogen-bond donors (Lipinski definition) is 2. The van der Waals surface area contributed by atoms with Crippen LogP contribution in [0.1, 0.15) is 38.7 Å². The number of carbonyl (C=O) groups is 1. The van der Waals surface area contributed by atoms with Crippen molar-refractivity contribution in [1.82, 2.24) is 5.32 Å². The number of rotatable bonds is 10. The third-order valence-corrected chi connectivity index (χ3v) is 4.10. The van der Waals surface area contributed by atoms with Gasteiger partial charge in [0.15, 0.2) is 0 Å². The van der Waals surface area contributed by atoms with E-state index in [0.29, 0.717) is 32.2 Å². The molecule has 1 fully saturated rings. The molecule has 0 radical (unpaired) electrons. The van der Waals surface area contributed by atoms with Crippen LogP contribution in [0.25, 0.3) is 0 Å². The predicted octanol–water partition coefficient (Wildman–Crippen LogP) is 2.96. The first-order valence-corrected chi connectivity index (χ1v) is 8.92. The summed E-state index contributed by atoms with van der Waals surface area (Å²) >= 11 is 0. The summed E-state index contributed by atoms with van der Waals surface area (Å²) in [4.78, 5) is 12.1. The molecule has 1 amide bonds. The van der Waals surface area contributed by atoms with Gasteiger partial charge in [0, 0.05) is 12.1 Å². The molecule has 1 aromatic rings. The monoisotopic (exact) mass is 334 g/mol. The summed E-state index contributed by atoms with van der Waals surface area (Å²) in [6, 6.07) is 7.84. The zero-order chi connectivity index (χ0) is 17.2. The minimum atomic E-state index is 0.0882. The Kier molecular flexibility index (Phi) is 8.22. The third-order valence-electron chi connectivity index (χ3n) is 4.10. The maximum absolute atomic E-state index is 12.1. The van der Waals surface area contributed by atoms with Crippen molar-refractivity contribution in [3.63, 3.8) is 0 Å². The molecule has 5 heteroatoms. The van der Waals surface area contributed by atoms with Gasteiger partial charge in [0.2, 0.25) is 5.91 Å². The number of ether oxygens (including phenoxy) is 2. The molecular formula is C19H30N2O3. The highest BCUT2D eigenvalue weighted by Crippen LogP contribution is 2.16. The maximum atomic E-state index is 12.1. The first-order valence-electron chi connectivity index (χ1n) is 8.92. The SMILES string of the molecule is CC(C)OCCOCc1cccc(NC(=O)CCC2CCNC2)c1. The van der Waals surface area contributed by atoms with Gasteiger partial charge in [-0.3, -0.25) is 4.79 Å². The molecule has 0 saturated carbocycles. The molecular weight excluding hydrogens is 304 g/mol. The molecule has 1 aliphatic rings. The van der Waals surface area contributed by atoms with Gasteiger partial charge < -0.3 is 20.1 Å². The number of benzene rings is 1. The second-order valence-corrected chi connectivity index (χ2v) is 6.62. The smallest absolute Gasteiger partial charge is 0.224 e. The fraction of sp³-hybridized carbons (Fsp3) is 0.632. The molecule has 1 aromatic carbocycles. The Bertz CT molecular complexity index is 499. The fourth-order valence-corrected chi connectivity index (χ4v) is 2.79. The minimum Gasteiger partial charge on any atom is -0.376 e. The molecule has 134 valence electrons. The van der Waals surface area contributed by atoms with Crippen LogP contribution in [0.15, 0.2) is 24.3 Å². The molecule has 1 unspecified atom stereocenters. The number of hydrogen-bond acceptors (Lipinski definition) is 4. The van der Waals surface area contributed by atoms with E-state index in [1.165, 1.54) is 6.42 Å². The van der Waals surface area contributed by atoms with Gasteiger partial charge in [-0.25, -0.2) is 0 Å². The minimum absolute atomic E-state index is 0.0882. The Morgan fingerprint density at radius 2 is 2.25 bits per heavy atom. The quantitative estimate of drug-likeness (QED) is 0.646. The average molecular weight is 334 g/mol. The van der Waals surface area contributed by atoms with Crippen molar-refractivity contribution in [3.8, 4) is 0 Å². The number of carbonyl (C=O) groups excluding carboxylic acids is 1. The van der Waals surface area contributed by atoms with Gasteiger partial charge in [-0.1, -0.05) is 12.1 Å². The zero-order valence-electron chi connectivity index (χ0n) is 14.8. The highest BCUT2D eigenvalue weighted by molar-refractivity contribution is 5.90. The summed E-state index contributed by atoms with van der Waals surface area (Å²) in [6.45, 7) is 7.84. The second kappa shape index (κ2) is 10.4. The van der Waals surface area contributed by atoms with E-state index in [1.54, 1.807) is 0 Å². The molecule has 0 bridgehead atoms. The standard InChI is InChI=1S/C19H30N2O3/c1-15(2)24-11-10-23-14-17-4-3-5-18(12-17)21-19(22)7-6-16-8-9-20-13-16/h3-5,12,15-16,20H,6-11,13-14H2,1-2H3,(H,21,22). The van der Waals surface area contributed by atoms with Crippen molar-refractivity contribution >= 4 is 11.6 Å². The lowest BCUT2D eigenvalue weighted by atomic mass is 10.0. The lowest BCUT2D eigenvalue weighted by molar-refractivity contribution is -0.116. The molecule has 2 rings (SSSR count). The molecule has 0 spiro atoms. The molecule has 5 nitrogen and oxygen atoms in total. The first-order chi connectivity index (χ1) is 11.6. The van der Waals surface area contributed by atoms with Crippen LogP contribution in [0.4, 0.5) is 5.69 Å². The van der Waals surface area contributed by atoms with Crippen molar-refractivity contribution in [1.29, 1.82) is 0 Å². The molecule has 0 aromatic heterocycles. The topological polar surface area (TPSA) is 59.6 Å². The highest BCUT2D eigenvalue weighted by atomic mass is 16.5. The zero-order valence-corrected chi connectivity index (χ0v) is 14.8. The number of amides is 1. The molecule has 24 heavy (non-hydrogen) atoms. The molecule has 2 N–H and O–H groups in total. The summed E-state index contributed by atoms with van der Waals surface area (Å²) in [6.07, 6.45) is 2.95. The van der Waals surface area contributed by atoms with E-state index in [-0.39, 0.29) is 12.0 Å². The van der Waals surface area contributed by atoms with Gasteiger partial charge in [0.05, 0.1) is 25.9 Å². The molecule has 1 aliphatic heterocycles. The molecule has 1 saturated heterocycles. The maximum Gasteiger partial charge on any atom is 0.224 e. The van der Waals surface area contributed by atoms with Crippen LogP contribution < -0.4 is 10.6 Å². The third kappa shape index (κ3) is 7.43. The largest absolute Gasteiger partial charge is 0.376 e. The van der Waals surface area contributed by atoms with Gasteiger partial charge >= 0.3 is 0 Å². The molecule has 1 heterocycles. The van der Waals surface area contributed by atoms with Crippen LogP contribution in [-0.4, -0.2) is 38.3 Å². The fourth-order valence-electron chi connectivity index (χ4n) is 2.79. The van der Waals surface area contributed by atoms with Crippen molar-refractivity contribution in [2.24, 2.45) is 5.92 Å². The first kappa shape index (κ1) is 18.9. The van der Waals surface area contributed by atoms with E-state index < -0.39 is 0 Å². The Balaban J connectivity index is 1.68. The summed E-state index contributed by atoms with van der Waals surface area (Å²) < 4.78 is 11.0. The van der Waals surface area contributed by atoms with E-state index in [2.05, 4.69) is 10.6 Å². The number of anilines is 1. The Morgan fingerprint density at radius 3 is 3.00 bits per heavy atom. The van der Waals surface area contributed by atoms with Gasteiger partial charge in [-0.15, -0.1) is 0 Å². The van der Waals surface area contributed by atoms with Gasteiger partial charge in [0.25, 0.3) is 0 Å². The van der Waals surface area contributed by atoms with E-state index in [4.69, 9.17) is 9.47 Å². The van der Waals surface area contributed by atoms with Crippen LogP contribution >= 0.6 is 0 Å². The predicted molar refractivity (Wildman–Crippen MR) is 96.0 cm³/mol. The van der Waals surface area contributed by atoms with E-state index in [9.17, 15) is 4.79 Å². The van der Waals surface area contributed by atoms with Gasteiger partial charge in [-0.2, -0.15) is 0 Å². The summed E-state index contributed by atoms with van der Waals surface area (Å²) in [5, 5.41) is 6.32. The van der Waals surface area contributed by atoms with Crippen molar-refractivity contribution in [2.75, 3.05) is 31.6 Å². The lowest BCUT2D eigenvalue weighted by Crippen LogP contribution is -2.15. The normalized spacial score (nSPS) is 17.4. The van der Waals surface area contributed by atoms with E-state index in [0.717, 1.165) is 30.8 Å². The summed E-state index contributed by atoms with van der Waals surface area (Å²) in [5.41, 5.74) is 1.89.